The van der Waals surface area contributed by atoms with E-state index < -0.39 is 11.8 Å². The van der Waals surface area contributed by atoms with Crippen LogP contribution < -0.4 is 10.6 Å². The number of hydrogen-bond acceptors (Lipinski definition) is 5. The summed E-state index contributed by atoms with van der Waals surface area (Å²) < 4.78 is 24.0. The normalized spacial score (nSPS) is 10.4. The Balaban J connectivity index is 2.30. The van der Waals surface area contributed by atoms with Gasteiger partial charge >= 0.3 is 5.97 Å². The van der Waals surface area contributed by atoms with Crippen LogP contribution in [0.1, 0.15) is 22.8 Å². The van der Waals surface area contributed by atoms with Crippen molar-refractivity contribution in [1.29, 1.82) is 0 Å². The number of nitrogen functional groups attached to an aromatic ring is 1. The molecule has 0 spiro atoms. The zero-order chi connectivity index (χ0) is 15.4. The van der Waals surface area contributed by atoms with Gasteiger partial charge in [-0.2, -0.15) is 0 Å². The summed E-state index contributed by atoms with van der Waals surface area (Å²) in [6, 6.07) is 4.33. The summed E-state index contributed by atoms with van der Waals surface area (Å²) in [5.74, 6) is -1.06. The maximum Gasteiger partial charge on any atom is 0.340 e. The second-order valence-corrected chi connectivity index (χ2v) is 4.60. The molecular weight excluding hydrogens is 275 g/mol. The van der Waals surface area contributed by atoms with E-state index in [1.807, 2.05) is 0 Å². The SMILES string of the molecule is CCOC(=O)c1cc(N(C)Cc2ccoc2)c(F)cc1N. The highest BCUT2D eigenvalue weighted by Crippen LogP contribution is 2.26. The molecule has 2 rings (SSSR count). The number of carbonyl (C=O) groups is 1. The van der Waals surface area contributed by atoms with Crippen molar-refractivity contribution >= 4 is 17.3 Å². The predicted molar refractivity (Wildman–Crippen MR) is 77.6 cm³/mol. The predicted octanol–water partition coefficient (Wildman–Crippen LogP) is 2.81. The number of esters is 1. The summed E-state index contributed by atoms with van der Waals surface area (Å²) in [6.45, 7) is 2.37. The van der Waals surface area contributed by atoms with Gasteiger partial charge in [-0.15, -0.1) is 0 Å². The Bertz CT molecular complexity index is 626. The first kappa shape index (κ1) is 14.9. The lowest BCUT2D eigenvalue weighted by Crippen LogP contribution is -2.19. The smallest absolute Gasteiger partial charge is 0.340 e. The number of ether oxygens (including phenoxy) is 1. The number of hydrogen-bond donors (Lipinski definition) is 1. The topological polar surface area (TPSA) is 68.7 Å². The summed E-state index contributed by atoms with van der Waals surface area (Å²) in [6.07, 6.45) is 3.13. The van der Waals surface area contributed by atoms with E-state index in [2.05, 4.69) is 0 Å². The number of nitrogens with zero attached hydrogens (tertiary/aromatic N) is 1. The van der Waals surface area contributed by atoms with E-state index >= 15 is 0 Å². The third-order valence-corrected chi connectivity index (χ3v) is 3.03. The van der Waals surface area contributed by atoms with Crippen molar-refractivity contribution in [2.45, 2.75) is 13.5 Å². The molecule has 21 heavy (non-hydrogen) atoms. The van der Waals surface area contributed by atoms with Crippen LogP contribution in [-0.4, -0.2) is 19.6 Å². The molecule has 6 heteroatoms. The van der Waals surface area contributed by atoms with Gasteiger partial charge in [0.25, 0.3) is 0 Å². The molecule has 2 N–H and O–H groups in total. The number of carbonyl (C=O) groups excluding carboxylic acids is 1. The first-order valence-electron chi connectivity index (χ1n) is 6.51. The Morgan fingerprint density at radius 2 is 2.24 bits per heavy atom. The van der Waals surface area contributed by atoms with E-state index in [0.717, 1.165) is 11.6 Å². The molecule has 1 aromatic carbocycles. The van der Waals surface area contributed by atoms with E-state index in [0.29, 0.717) is 6.54 Å². The molecule has 0 saturated carbocycles. The average molecular weight is 292 g/mol. The number of benzene rings is 1. The number of furan rings is 1. The van der Waals surface area contributed by atoms with Gasteiger partial charge in [0.05, 0.1) is 30.4 Å². The van der Waals surface area contributed by atoms with E-state index in [9.17, 15) is 9.18 Å². The van der Waals surface area contributed by atoms with Gasteiger partial charge in [-0.05, 0) is 25.1 Å². The molecule has 0 aliphatic heterocycles. The average Bonchev–Trinajstić information content (AvgIpc) is 2.91. The molecule has 1 aromatic heterocycles. The molecule has 0 bridgehead atoms. The summed E-state index contributed by atoms with van der Waals surface area (Å²) in [5, 5.41) is 0. The van der Waals surface area contributed by atoms with Crippen LogP contribution in [-0.2, 0) is 11.3 Å². The van der Waals surface area contributed by atoms with Gasteiger partial charge in [0, 0.05) is 24.8 Å². The fourth-order valence-electron chi connectivity index (χ4n) is 2.00. The van der Waals surface area contributed by atoms with Crippen molar-refractivity contribution in [3.05, 3.63) is 47.7 Å². The minimum absolute atomic E-state index is 0.0615. The van der Waals surface area contributed by atoms with Gasteiger partial charge < -0.3 is 19.8 Å². The van der Waals surface area contributed by atoms with Crippen LogP contribution >= 0.6 is 0 Å². The third-order valence-electron chi connectivity index (χ3n) is 3.03. The maximum atomic E-state index is 14.1. The van der Waals surface area contributed by atoms with Crippen LogP contribution in [0.2, 0.25) is 0 Å². The van der Waals surface area contributed by atoms with Crippen LogP contribution in [0, 0.1) is 5.82 Å². The van der Waals surface area contributed by atoms with Crippen LogP contribution in [0.15, 0.2) is 35.1 Å². The Morgan fingerprint density at radius 3 is 2.86 bits per heavy atom. The lowest BCUT2D eigenvalue weighted by Gasteiger charge is -2.20. The highest BCUT2D eigenvalue weighted by molar-refractivity contribution is 5.96. The Labute approximate surface area is 122 Å². The molecule has 5 nitrogen and oxygen atoms in total. The van der Waals surface area contributed by atoms with Gasteiger partial charge in [0.15, 0.2) is 0 Å². The molecule has 0 atom stereocenters. The second kappa shape index (κ2) is 6.30. The van der Waals surface area contributed by atoms with E-state index in [1.54, 1.807) is 37.5 Å². The fraction of sp³-hybridized carbons (Fsp3) is 0.267. The molecule has 2 aromatic rings. The van der Waals surface area contributed by atoms with Gasteiger partial charge in [0.1, 0.15) is 5.82 Å². The maximum absolute atomic E-state index is 14.1. The number of rotatable bonds is 5. The largest absolute Gasteiger partial charge is 0.472 e. The van der Waals surface area contributed by atoms with Crippen molar-refractivity contribution < 1.29 is 18.3 Å². The zero-order valence-electron chi connectivity index (χ0n) is 11.9. The van der Waals surface area contributed by atoms with Crippen LogP contribution in [0.5, 0.6) is 0 Å². The summed E-state index contributed by atoms with van der Waals surface area (Å²) in [7, 11) is 1.72. The number of halogens is 1. The van der Waals surface area contributed by atoms with Crippen molar-refractivity contribution in [3.8, 4) is 0 Å². The quantitative estimate of drug-likeness (QED) is 0.678. The van der Waals surface area contributed by atoms with E-state index in [1.165, 1.54) is 6.07 Å². The lowest BCUT2D eigenvalue weighted by molar-refractivity contribution is 0.0527. The van der Waals surface area contributed by atoms with E-state index in [4.69, 9.17) is 14.9 Å². The second-order valence-electron chi connectivity index (χ2n) is 4.60. The lowest BCUT2D eigenvalue weighted by atomic mass is 10.1. The van der Waals surface area contributed by atoms with Gasteiger partial charge in [-0.1, -0.05) is 0 Å². The molecule has 0 aliphatic rings. The molecule has 0 fully saturated rings. The third kappa shape index (κ3) is 3.34. The minimum atomic E-state index is -0.562. The van der Waals surface area contributed by atoms with Crippen molar-refractivity contribution in [1.82, 2.24) is 0 Å². The van der Waals surface area contributed by atoms with Crippen molar-refractivity contribution in [2.75, 3.05) is 24.3 Å². The Hall–Kier alpha value is -2.50. The van der Waals surface area contributed by atoms with Gasteiger partial charge in [-0.3, -0.25) is 0 Å². The van der Waals surface area contributed by atoms with Crippen molar-refractivity contribution in [2.24, 2.45) is 0 Å². The van der Waals surface area contributed by atoms with Crippen molar-refractivity contribution in [3.63, 3.8) is 0 Å². The first-order valence-corrected chi connectivity index (χ1v) is 6.51. The first-order chi connectivity index (χ1) is 10.0. The molecule has 1 heterocycles. The molecule has 0 unspecified atom stereocenters. The Kier molecular flexibility index (Phi) is 4.47. The summed E-state index contributed by atoms with van der Waals surface area (Å²) in [5.41, 5.74) is 7.07. The van der Waals surface area contributed by atoms with Crippen LogP contribution in [0.3, 0.4) is 0 Å². The highest BCUT2D eigenvalue weighted by atomic mass is 19.1. The number of anilines is 2. The number of nitrogens with two attached hydrogens (primary N) is 1. The minimum Gasteiger partial charge on any atom is -0.472 e. The summed E-state index contributed by atoms with van der Waals surface area (Å²) >= 11 is 0. The standard InChI is InChI=1S/C15H17FN2O3/c1-3-21-15(19)11-6-14(12(16)7-13(11)17)18(2)8-10-4-5-20-9-10/h4-7,9H,3,8,17H2,1-2H3. The zero-order valence-corrected chi connectivity index (χ0v) is 11.9. The molecule has 0 saturated heterocycles. The molecule has 0 aliphatic carbocycles. The van der Waals surface area contributed by atoms with Gasteiger partial charge in [0.2, 0.25) is 0 Å². The molecule has 112 valence electrons. The molecular formula is C15H17FN2O3. The monoisotopic (exact) mass is 292 g/mol. The van der Waals surface area contributed by atoms with Crippen LogP contribution in [0.25, 0.3) is 0 Å². The van der Waals surface area contributed by atoms with E-state index in [-0.39, 0.29) is 23.5 Å². The van der Waals surface area contributed by atoms with Crippen LogP contribution in [0.4, 0.5) is 15.8 Å². The summed E-state index contributed by atoms with van der Waals surface area (Å²) in [4.78, 5) is 13.5. The molecule has 0 radical (unpaired) electrons. The highest BCUT2D eigenvalue weighted by Gasteiger charge is 2.17. The molecule has 0 amide bonds. The van der Waals surface area contributed by atoms with Gasteiger partial charge in [-0.25, -0.2) is 9.18 Å². The Morgan fingerprint density at radius 1 is 1.48 bits per heavy atom. The fourth-order valence-corrected chi connectivity index (χ4v) is 2.00.